The van der Waals surface area contributed by atoms with Crippen molar-refractivity contribution in [3.8, 4) is 0 Å². The third-order valence-corrected chi connectivity index (χ3v) is 35.3. The second-order valence-corrected chi connectivity index (χ2v) is 48.2. The molecule has 0 fully saturated rings. The smallest absolute Gasteiger partial charge is 0.312 e. The molecular formula is C84H158N4O7Si4. The summed E-state index contributed by atoms with van der Waals surface area (Å²) in [5.74, 6) is -0.184. The van der Waals surface area contributed by atoms with Crippen LogP contribution in [0.15, 0.2) is 60.7 Å². The zero-order valence-corrected chi connectivity index (χ0v) is 70.4. The van der Waals surface area contributed by atoms with E-state index in [0.717, 1.165) is 87.4 Å². The van der Waals surface area contributed by atoms with Gasteiger partial charge in [0.05, 0.1) is 0 Å². The van der Waals surface area contributed by atoms with Gasteiger partial charge in [0.25, 0.3) is 0 Å². The maximum Gasteiger partial charge on any atom is 0.312 e. The van der Waals surface area contributed by atoms with Crippen LogP contribution < -0.4 is 21.3 Å². The first-order chi connectivity index (χ1) is 47.8. The van der Waals surface area contributed by atoms with Crippen molar-refractivity contribution >= 4 is 57.4 Å². The summed E-state index contributed by atoms with van der Waals surface area (Å²) < 4.78 is 20.9. The highest BCUT2D eigenvalue weighted by molar-refractivity contribution is 6.89. The fraction of sp³-hybridized carbons (Fsp3) is 0.810. The van der Waals surface area contributed by atoms with E-state index in [9.17, 15) is 19.2 Å². The average Bonchev–Trinajstić information content (AvgIpc) is 0.834. The summed E-state index contributed by atoms with van der Waals surface area (Å²) in [5.41, 5.74) is 2.12. The molecule has 0 aliphatic rings. The van der Waals surface area contributed by atoms with Crippen molar-refractivity contribution in [3.05, 3.63) is 71.8 Å². The number of rotatable bonds is 70. The lowest BCUT2D eigenvalue weighted by Gasteiger charge is -2.41. The first-order valence-corrected chi connectivity index (χ1v) is 53.9. The van der Waals surface area contributed by atoms with E-state index < -0.39 is 45.8 Å². The van der Waals surface area contributed by atoms with Crippen LogP contribution in [-0.2, 0) is 44.4 Å². The van der Waals surface area contributed by atoms with E-state index in [1.54, 1.807) is 0 Å². The van der Waals surface area contributed by atoms with E-state index in [2.05, 4.69) is 87.5 Å². The second kappa shape index (κ2) is 60.3. The lowest BCUT2D eigenvalue weighted by atomic mass is 10.0. The largest absolute Gasteiger partial charge is 0.436 e. The molecule has 4 amide bonds. The van der Waals surface area contributed by atoms with Crippen LogP contribution in [-0.4, -0.2) is 82.6 Å². The molecule has 11 nitrogen and oxygen atoms in total. The molecule has 0 aliphatic heterocycles. The maximum atomic E-state index is 13.4. The van der Waals surface area contributed by atoms with E-state index in [0.29, 0.717) is 38.8 Å². The summed E-state index contributed by atoms with van der Waals surface area (Å²) >= 11 is 0. The minimum Gasteiger partial charge on any atom is -0.436 e. The Kier molecular flexibility index (Phi) is 56.2. The topological polar surface area (TPSA) is 144 Å². The fourth-order valence-electron chi connectivity index (χ4n) is 14.5. The van der Waals surface area contributed by atoms with E-state index in [1.807, 2.05) is 60.7 Å². The first-order valence-electron chi connectivity index (χ1n) is 42.1. The molecule has 2 rings (SSSR count). The van der Waals surface area contributed by atoms with Crippen molar-refractivity contribution in [2.24, 2.45) is 0 Å². The van der Waals surface area contributed by atoms with Gasteiger partial charge in [-0.25, -0.2) is 0 Å². The van der Waals surface area contributed by atoms with Gasteiger partial charge in [0.2, 0.25) is 23.6 Å². The number of benzene rings is 2. The Balaban J connectivity index is 1.54. The molecule has 2 aromatic carbocycles. The van der Waals surface area contributed by atoms with Gasteiger partial charge >= 0.3 is 17.1 Å². The van der Waals surface area contributed by atoms with E-state index >= 15 is 0 Å². The monoisotopic (exact) mass is 1450 g/mol. The third kappa shape index (κ3) is 56.2. The SMILES string of the molecule is CCCCCCCCCCCCCCCCCCNC(=O)[C@H](Cc1ccccc1)NC(=O)CCCCCCCCCC[Si](C)(C)O[Si](C)(C)O[Si](C)(C)O[Si](C)(C)CCCCCCCCCCC(=O)N[C@@H](Cc1ccccc1)C(=O)NCCCCCCCCCCCCCCCCCC. The van der Waals surface area contributed by atoms with Crippen LogP contribution in [0.2, 0.25) is 64.5 Å². The highest BCUT2D eigenvalue weighted by Crippen LogP contribution is 2.29. The van der Waals surface area contributed by atoms with Crippen molar-refractivity contribution in [2.75, 3.05) is 13.1 Å². The number of hydrogen-bond donors (Lipinski definition) is 4. The maximum absolute atomic E-state index is 13.4. The molecule has 572 valence electrons. The van der Waals surface area contributed by atoms with Crippen LogP contribution >= 0.6 is 0 Å². The summed E-state index contributed by atoms with van der Waals surface area (Å²) in [7, 11) is -8.67. The Morgan fingerprint density at radius 2 is 0.535 bits per heavy atom. The summed E-state index contributed by atoms with van der Waals surface area (Å²) in [6.45, 7) is 24.2. The van der Waals surface area contributed by atoms with Crippen LogP contribution in [0.4, 0.5) is 0 Å². The van der Waals surface area contributed by atoms with Gasteiger partial charge in [-0.3, -0.25) is 19.2 Å². The molecule has 99 heavy (non-hydrogen) atoms. The Morgan fingerprint density at radius 1 is 0.303 bits per heavy atom. The molecule has 2 aromatic rings. The van der Waals surface area contributed by atoms with Gasteiger partial charge in [-0.2, -0.15) is 0 Å². The van der Waals surface area contributed by atoms with Crippen LogP contribution in [0, 0.1) is 0 Å². The standard InChI is InChI=1S/C84H158N4O7Si4/c1-11-13-15-17-19-21-23-25-27-29-31-33-37-43-49-61-71-85-83(91)79(75-77-65-55-53-56-66-77)87-81(89)69-59-47-41-35-39-45-51-63-73-96(3,4)93-98(7,8)95-99(9,10)94-97(5,6)74-64-52-46-40-36-42-48-60-70-82(90)88-80(76-78-67-57-54-58-68-78)84(92)86-72-62-50-44-38-34-32-30-28-26-24-22-20-18-16-14-12-2/h53-58,65-68,79-80H,11-52,59-64,69-76H2,1-10H3,(H,85,91)(H,86,92)(H,87,89)(H,88,90)/t79-,80-/m0/s1. The minimum absolute atomic E-state index is 0.0229. The summed E-state index contributed by atoms with van der Waals surface area (Å²) in [5, 5.41) is 12.5. The number of hydrogen-bond acceptors (Lipinski definition) is 7. The molecule has 0 aromatic heterocycles. The molecule has 0 radical (unpaired) electrons. The van der Waals surface area contributed by atoms with Crippen molar-refractivity contribution in [2.45, 2.75) is 424 Å². The number of nitrogens with one attached hydrogen (secondary N) is 4. The average molecular weight is 1450 g/mol. The van der Waals surface area contributed by atoms with Crippen LogP contribution in [0.5, 0.6) is 0 Å². The highest BCUT2D eigenvalue weighted by Gasteiger charge is 2.43. The summed E-state index contributed by atoms with van der Waals surface area (Å²) in [6.07, 6.45) is 62.6. The van der Waals surface area contributed by atoms with Crippen molar-refractivity contribution in [1.29, 1.82) is 0 Å². The zero-order chi connectivity index (χ0) is 72.2. The van der Waals surface area contributed by atoms with Crippen molar-refractivity contribution < 1.29 is 31.5 Å². The van der Waals surface area contributed by atoms with E-state index in [-0.39, 0.29) is 23.6 Å². The molecule has 0 aliphatic carbocycles. The Morgan fingerprint density at radius 3 is 0.798 bits per heavy atom. The lowest BCUT2D eigenvalue weighted by Crippen LogP contribution is -2.56. The van der Waals surface area contributed by atoms with Crippen LogP contribution in [0.1, 0.15) is 346 Å². The molecule has 0 bridgehead atoms. The van der Waals surface area contributed by atoms with Gasteiger partial charge in [0, 0.05) is 38.8 Å². The lowest BCUT2D eigenvalue weighted by molar-refractivity contribution is -0.129. The van der Waals surface area contributed by atoms with E-state index in [4.69, 9.17) is 12.3 Å². The molecule has 15 heteroatoms. The minimum atomic E-state index is -2.41. The second-order valence-electron chi connectivity index (χ2n) is 32.1. The van der Waals surface area contributed by atoms with E-state index in [1.165, 1.54) is 244 Å². The zero-order valence-electron chi connectivity index (χ0n) is 66.4. The molecule has 2 atom stereocenters. The molecule has 4 N–H and O–H groups in total. The first kappa shape index (κ1) is 92.1. The quantitative estimate of drug-likeness (QED) is 0.0381. The number of amides is 4. The van der Waals surface area contributed by atoms with Gasteiger partial charge in [-0.05, 0) is 101 Å². The number of carbonyl (C=O) groups excluding carboxylic acids is 4. The third-order valence-electron chi connectivity index (χ3n) is 19.9. The Bertz CT molecular complexity index is 2090. The summed E-state index contributed by atoms with van der Waals surface area (Å²) in [4.78, 5) is 53.1. The van der Waals surface area contributed by atoms with Gasteiger partial charge < -0.3 is 33.6 Å². The van der Waals surface area contributed by atoms with Gasteiger partial charge in [-0.15, -0.1) is 0 Å². The fourth-order valence-corrected chi connectivity index (χ4v) is 34.0. The molecule has 0 heterocycles. The van der Waals surface area contributed by atoms with Crippen molar-refractivity contribution in [1.82, 2.24) is 21.3 Å². The van der Waals surface area contributed by atoms with Crippen LogP contribution in [0.3, 0.4) is 0 Å². The Labute approximate surface area is 615 Å². The molecule has 0 saturated carbocycles. The van der Waals surface area contributed by atoms with Crippen LogP contribution in [0.25, 0.3) is 0 Å². The predicted molar refractivity (Wildman–Crippen MR) is 435 cm³/mol. The normalized spacial score (nSPS) is 12.8. The molecule has 0 saturated heterocycles. The molecular weight excluding hydrogens is 1290 g/mol. The van der Waals surface area contributed by atoms with Crippen molar-refractivity contribution in [3.63, 3.8) is 0 Å². The highest BCUT2D eigenvalue weighted by atomic mass is 28.5. The summed E-state index contributed by atoms with van der Waals surface area (Å²) in [6, 6.07) is 21.3. The molecule has 0 spiro atoms. The predicted octanol–water partition coefficient (Wildman–Crippen LogP) is 24.1. The van der Waals surface area contributed by atoms with Gasteiger partial charge in [0.1, 0.15) is 12.1 Å². The number of unbranched alkanes of at least 4 members (excludes halogenated alkanes) is 44. The van der Waals surface area contributed by atoms with Gasteiger partial charge in [0.15, 0.2) is 16.6 Å². The molecule has 0 unspecified atom stereocenters. The number of carbonyl (C=O) groups is 4. The Hall–Kier alpha value is -2.93. The van der Waals surface area contributed by atoms with Gasteiger partial charge in [-0.1, -0.05) is 357 Å².